The van der Waals surface area contributed by atoms with Gasteiger partial charge in [-0.1, -0.05) is 30.3 Å². The molecular weight excluding hydrogens is 215 g/mol. The number of nitrogens with two attached hydrogens (primary N) is 1. The molecule has 0 aromatic heterocycles. The molecule has 2 nitrogen and oxygen atoms in total. The first-order valence-corrected chi connectivity index (χ1v) is 5.50. The molecule has 0 aliphatic rings. The van der Waals surface area contributed by atoms with E-state index in [4.69, 9.17) is 5.73 Å². The zero-order valence-corrected chi connectivity index (χ0v) is 9.65. The topological polar surface area (TPSA) is 38.0 Å². The number of nitrogens with one attached hydrogen (secondary N) is 1. The molecule has 0 aliphatic carbocycles. The summed E-state index contributed by atoms with van der Waals surface area (Å²) in [4.78, 5) is 0. The molecule has 0 bridgehead atoms. The maximum absolute atomic E-state index is 13.6. The van der Waals surface area contributed by atoms with Crippen molar-refractivity contribution in [2.45, 2.75) is 6.04 Å². The maximum atomic E-state index is 13.6. The van der Waals surface area contributed by atoms with Crippen LogP contribution in [0.5, 0.6) is 0 Å². The van der Waals surface area contributed by atoms with Gasteiger partial charge in [0, 0.05) is 18.3 Å². The van der Waals surface area contributed by atoms with Crippen LogP contribution in [0.25, 0.3) is 0 Å². The van der Waals surface area contributed by atoms with Gasteiger partial charge in [0.15, 0.2) is 0 Å². The van der Waals surface area contributed by atoms with E-state index in [-0.39, 0.29) is 5.82 Å². The molecule has 0 amide bonds. The molecule has 2 aromatic rings. The molecule has 0 aliphatic heterocycles. The lowest BCUT2D eigenvalue weighted by atomic mass is 9.99. The van der Waals surface area contributed by atoms with Gasteiger partial charge in [0.1, 0.15) is 5.82 Å². The molecule has 17 heavy (non-hydrogen) atoms. The SMILES string of the molecule is CNc1ccc(C(N)c2ccccc2F)cc1. The summed E-state index contributed by atoms with van der Waals surface area (Å²) in [5, 5.41) is 3.03. The summed E-state index contributed by atoms with van der Waals surface area (Å²) in [7, 11) is 1.85. The smallest absolute Gasteiger partial charge is 0.128 e. The van der Waals surface area contributed by atoms with Crippen molar-refractivity contribution in [2.24, 2.45) is 5.73 Å². The van der Waals surface area contributed by atoms with Crippen molar-refractivity contribution in [1.82, 2.24) is 0 Å². The molecule has 0 saturated heterocycles. The van der Waals surface area contributed by atoms with Crippen molar-refractivity contribution < 1.29 is 4.39 Å². The fourth-order valence-electron chi connectivity index (χ4n) is 1.76. The van der Waals surface area contributed by atoms with Gasteiger partial charge in [-0.2, -0.15) is 0 Å². The minimum Gasteiger partial charge on any atom is -0.388 e. The van der Waals surface area contributed by atoms with Crippen LogP contribution in [0, 0.1) is 5.82 Å². The Morgan fingerprint density at radius 2 is 1.71 bits per heavy atom. The Balaban J connectivity index is 2.30. The van der Waals surface area contributed by atoms with Crippen LogP contribution in [0.4, 0.5) is 10.1 Å². The number of hydrogen-bond donors (Lipinski definition) is 2. The van der Waals surface area contributed by atoms with Gasteiger partial charge < -0.3 is 11.1 Å². The highest BCUT2D eigenvalue weighted by Crippen LogP contribution is 2.23. The monoisotopic (exact) mass is 230 g/mol. The Labute approximate surface area is 100 Å². The molecule has 88 valence electrons. The normalized spacial score (nSPS) is 12.2. The standard InChI is InChI=1S/C14H15FN2/c1-17-11-8-6-10(7-9-11)14(16)12-4-2-3-5-13(12)15/h2-9,14,17H,16H2,1H3. The molecule has 1 atom stereocenters. The minimum absolute atomic E-state index is 0.266. The van der Waals surface area contributed by atoms with Crippen molar-refractivity contribution in [3.63, 3.8) is 0 Å². The number of halogens is 1. The zero-order valence-electron chi connectivity index (χ0n) is 9.65. The molecule has 2 aromatic carbocycles. The third kappa shape index (κ3) is 2.45. The highest BCUT2D eigenvalue weighted by atomic mass is 19.1. The minimum atomic E-state index is -0.429. The van der Waals surface area contributed by atoms with Gasteiger partial charge in [-0.25, -0.2) is 4.39 Å². The Morgan fingerprint density at radius 1 is 1.06 bits per heavy atom. The third-order valence-corrected chi connectivity index (χ3v) is 2.80. The first-order valence-electron chi connectivity index (χ1n) is 5.50. The van der Waals surface area contributed by atoms with Gasteiger partial charge in [-0.3, -0.25) is 0 Å². The highest BCUT2D eigenvalue weighted by molar-refractivity contribution is 5.45. The van der Waals surface area contributed by atoms with Gasteiger partial charge in [-0.15, -0.1) is 0 Å². The van der Waals surface area contributed by atoms with E-state index in [2.05, 4.69) is 5.32 Å². The van der Waals surface area contributed by atoms with Crippen LogP contribution in [0.15, 0.2) is 48.5 Å². The summed E-state index contributed by atoms with van der Waals surface area (Å²) < 4.78 is 13.6. The summed E-state index contributed by atoms with van der Waals surface area (Å²) in [6.07, 6.45) is 0. The second kappa shape index (κ2) is 4.97. The van der Waals surface area contributed by atoms with Crippen molar-refractivity contribution in [2.75, 3.05) is 12.4 Å². The van der Waals surface area contributed by atoms with E-state index in [0.29, 0.717) is 5.56 Å². The van der Waals surface area contributed by atoms with Crippen LogP contribution in [0.3, 0.4) is 0 Å². The third-order valence-electron chi connectivity index (χ3n) is 2.80. The fraction of sp³-hybridized carbons (Fsp3) is 0.143. The van der Waals surface area contributed by atoms with E-state index in [9.17, 15) is 4.39 Å². The molecule has 3 heteroatoms. The summed E-state index contributed by atoms with van der Waals surface area (Å²) in [5.41, 5.74) is 8.47. The first-order chi connectivity index (χ1) is 8.22. The molecule has 0 radical (unpaired) electrons. The van der Waals surface area contributed by atoms with Crippen LogP contribution < -0.4 is 11.1 Å². The lowest BCUT2D eigenvalue weighted by molar-refractivity contribution is 0.600. The molecule has 3 N–H and O–H groups in total. The molecule has 0 saturated carbocycles. The predicted octanol–water partition coefficient (Wildman–Crippen LogP) is 2.92. The first kappa shape index (κ1) is 11.6. The van der Waals surface area contributed by atoms with Gasteiger partial charge in [0.2, 0.25) is 0 Å². The van der Waals surface area contributed by atoms with Gasteiger partial charge in [0.25, 0.3) is 0 Å². The van der Waals surface area contributed by atoms with Crippen molar-refractivity contribution in [1.29, 1.82) is 0 Å². The summed E-state index contributed by atoms with van der Waals surface area (Å²) >= 11 is 0. The molecule has 0 heterocycles. The largest absolute Gasteiger partial charge is 0.388 e. The number of rotatable bonds is 3. The van der Waals surface area contributed by atoms with E-state index in [0.717, 1.165) is 11.3 Å². The fourth-order valence-corrected chi connectivity index (χ4v) is 1.76. The van der Waals surface area contributed by atoms with Crippen LogP contribution >= 0.6 is 0 Å². The van der Waals surface area contributed by atoms with Crippen molar-refractivity contribution in [3.8, 4) is 0 Å². The van der Waals surface area contributed by atoms with Gasteiger partial charge in [0.05, 0.1) is 6.04 Å². The molecule has 0 spiro atoms. The molecular formula is C14H15FN2. The second-order valence-corrected chi connectivity index (χ2v) is 3.87. The Bertz CT molecular complexity index is 494. The Morgan fingerprint density at radius 3 is 2.29 bits per heavy atom. The van der Waals surface area contributed by atoms with Crippen LogP contribution in [0.1, 0.15) is 17.2 Å². The van der Waals surface area contributed by atoms with E-state index < -0.39 is 6.04 Å². The van der Waals surface area contributed by atoms with E-state index in [1.165, 1.54) is 6.07 Å². The predicted molar refractivity (Wildman–Crippen MR) is 68.4 cm³/mol. The van der Waals surface area contributed by atoms with E-state index in [1.807, 2.05) is 31.3 Å². The quantitative estimate of drug-likeness (QED) is 0.850. The van der Waals surface area contributed by atoms with Crippen molar-refractivity contribution >= 4 is 5.69 Å². The molecule has 2 rings (SSSR count). The van der Waals surface area contributed by atoms with Crippen LogP contribution in [0.2, 0.25) is 0 Å². The summed E-state index contributed by atoms with van der Waals surface area (Å²) in [6.45, 7) is 0. The average Bonchev–Trinajstić information content (AvgIpc) is 2.39. The van der Waals surface area contributed by atoms with Crippen LogP contribution in [-0.4, -0.2) is 7.05 Å². The Hall–Kier alpha value is -1.87. The number of anilines is 1. The lowest BCUT2D eigenvalue weighted by Gasteiger charge is -2.13. The Kier molecular flexibility index (Phi) is 3.40. The number of hydrogen-bond acceptors (Lipinski definition) is 2. The summed E-state index contributed by atoms with van der Waals surface area (Å²) in [5.74, 6) is -0.266. The average molecular weight is 230 g/mol. The van der Waals surface area contributed by atoms with E-state index >= 15 is 0 Å². The summed E-state index contributed by atoms with van der Waals surface area (Å²) in [6, 6.07) is 13.8. The van der Waals surface area contributed by atoms with Crippen LogP contribution in [-0.2, 0) is 0 Å². The van der Waals surface area contributed by atoms with Gasteiger partial charge in [-0.05, 0) is 23.8 Å². The highest BCUT2D eigenvalue weighted by Gasteiger charge is 2.12. The van der Waals surface area contributed by atoms with Gasteiger partial charge >= 0.3 is 0 Å². The number of benzene rings is 2. The van der Waals surface area contributed by atoms with E-state index in [1.54, 1.807) is 18.2 Å². The second-order valence-electron chi connectivity index (χ2n) is 3.87. The maximum Gasteiger partial charge on any atom is 0.128 e. The zero-order chi connectivity index (χ0) is 12.3. The molecule has 1 unspecified atom stereocenters. The molecule has 0 fully saturated rings. The lowest BCUT2D eigenvalue weighted by Crippen LogP contribution is -2.13. The van der Waals surface area contributed by atoms with Crippen molar-refractivity contribution in [3.05, 3.63) is 65.5 Å².